The zero-order valence-corrected chi connectivity index (χ0v) is 5.76. The van der Waals surface area contributed by atoms with Gasteiger partial charge in [0.05, 0.1) is 0 Å². The first kappa shape index (κ1) is 7.02. The van der Waals surface area contributed by atoms with Crippen molar-refractivity contribution in [2.45, 2.75) is 0 Å². The first-order chi connectivity index (χ1) is 4.93. The number of aromatic nitrogens is 1. The van der Waals surface area contributed by atoms with Crippen molar-refractivity contribution < 1.29 is 0 Å². The minimum absolute atomic E-state index is 0.789. The first-order valence-corrected chi connectivity index (χ1v) is 3.02. The van der Waals surface area contributed by atoms with Gasteiger partial charge in [-0.3, -0.25) is 5.32 Å². The highest BCUT2D eigenvalue weighted by molar-refractivity contribution is 5.34. The third-order valence-corrected chi connectivity index (χ3v) is 0.980. The third-order valence-electron chi connectivity index (χ3n) is 0.980. The summed E-state index contributed by atoms with van der Waals surface area (Å²) in [5.41, 5.74) is 0. The van der Waals surface area contributed by atoms with Crippen LogP contribution in [0.25, 0.3) is 0 Å². The van der Waals surface area contributed by atoms with Crippen molar-refractivity contribution in [3.8, 4) is 0 Å². The average molecular weight is 135 g/mol. The van der Waals surface area contributed by atoms with E-state index >= 15 is 0 Å². The molecule has 0 spiro atoms. The zero-order chi connectivity index (χ0) is 7.23. The van der Waals surface area contributed by atoms with Crippen molar-refractivity contribution in [3.05, 3.63) is 31.1 Å². The van der Waals surface area contributed by atoms with E-state index in [0.29, 0.717) is 0 Å². The van der Waals surface area contributed by atoms with Crippen LogP contribution in [0.3, 0.4) is 0 Å². The molecule has 0 unspecified atom stereocenters. The van der Waals surface area contributed by atoms with Crippen molar-refractivity contribution in [2.75, 3.05) is 12.4 Å². The van der Waals surface area contributed by atoms with E-state index in [1.165, 1.54) is 0 Å². The fourth-order valence-corrected chi connectivity index (χ4v) is 0.563. The average Bonchev–Trinajstić information content (AvgIpc) is 2.03. The van der Waals surface area contributed by atoms with Crippen LogP contribution >= 0.6 is 0 Å². The molecule has 0 amide bonds. The van der Waals surface area contributed by atoms with E-state index in [1.807, 2.05) is 18.2 Å². The summed E-state index contributed by atoms with van der Waals surface area (Å²) in [7, 11) is 1.77. The molecule has 3 heteroatoms. The van der Waals surface area contributed by atoms with Gasteiger partial charge >= 0.3 is 0 Å². The molecular formula is C7H9N3. The summed E-state index contributed by atoms with van der Waals surface area (Å²) in [6, 6.07) is 5.64. The molecule has 0 aromatic carbocycles. The molecule has 1 rings (SSSR count). The van der Waals surface area contributed by atoms with Crippen LogP contribution in [-0.2, 0) is 0 Å². The maximum Gasteiger partial charge on any atom is 0.172 e. The van der Waals surface area contributed by atoms with Crippen LogP contribution < -0.4 is 10.6 Å². The van der Waals surface area contributed by atoms with Gasteiger partial charge in [-0.15, -0.1) is 0 Å². The predicted octanol–water partition coefficient (Wildman–Crippen LogP) is 0.709. The Labute approximate surface area is 60.5 Å². The number of pyridine rings is 1. The lowest BCUT2D eigenvalue weighted by Gasteiger charge is -1.99. The molecule has 1 aromatic rings. The second-order valence-electron chi connectivity index (χ2n) is 1.71. The summed E-state index contributed by atoms with van der Waals surface area (Å²) in [5, 5.41) is 5.54. The topological polar surface area (TPSA) is 37.0 Å². The quantitative estimate of drug-likeness (QED) is 0.599. The number of hydrogen-bond acceptors (Lipinski definition) is 3. The van der Waals surface area contributed by atoms with Gasteiger partial charge < -0.3 is 5.32 Å². The van der Waals surface area contributed by atoms with Gasteiger partial charge in [-0.05, 0) is 19.2 Å². The number of rotatable bonds is 3. The van der Waals surface area contributed by atoms with Gasteiger partial charge in [0.2, 0.25) is 0 Å². The van der Waals surface area contributed by atoms with Gasteiger partial charge in [-0.25, -0.2) is 4.98 Å². The van der Waals surface area contributed by atoms with E-state index in [4.69, 9.17) is 0 Å². The standard InChI is InChI=1S/C7H9N3/c1-8-6-10-7-4-2-3-5-9-7/h2-5,8H,1H3,(H,9,10). The molecule has 0 saturated carbocycles. The van der Waals surface area contributed by atoms with Crippen LogP contribution in [0, 0.1) is 6.67 Å². The third kappa shape index (κ3) is 2.03. The molecular weight excluding hydrogens is 126 g/mol. The lowest BCUT2D eigenvalue weighted by molar-refractivity contribution is 0.983. The highest BCUT2D eigenvalue weighted by atomic mass is 15.1. The second-order valence-corrected chi connectivity index (χ2v) is 1.71. The summed E-state index contributed by atoms with van der Waals surface area (Å²) in [6.45, 7) is 2.70. The molecule has 0 fully saturated rings. The SMILES string of the molecule is CN[C]Nc1ccccn1. The van der Waals surface area contributed by atoms with E-state index in [0.717, 1.165) is 5.82 Å². The fourth-order valence-electron chi connectivity index (χ4n) is 0.563. The molecule has 2 radical (unpaired) electrons. The Balaban J connectivity index is 2.43. The van der Waals surface area contributed by atoms with Gasteiger partial charge in [0.1, 0.15) is 5.82 Å². The Morgan fingerprint density at radius 2 is 2.40 bits per heavy atom. The van der Waals surface area contributed by atoms with Crippen molar-refractivity contribution >= 4 is 5.82 Å². The molecule has 0 atom stereocenters. The van der Waals surface area contributed by atoms with Crippen molar-refractivity contribution in [3.63, 3.8) is 0 Å². The molecule has 0 aliphatic carbocycles. The molecule has 52 valence electrons. The second kappa shape index (κ2) is 3.85. The van der Waals surface area contributed by atoms with E-state index in [2.05, 4.69) is 22.3 Å². The summed E-state index contributed by atoms with van der Waals surface area (Å²) in [4.78, 5) is 4.00. The highest BCUT2D eigenvalue weighted by Crippen LogP contribution is 1.98. The van der Waals surface area contributed by atoms with Crippen LogP contribution in [0.2, 0.25) is 0 Å². The van der Waals surface area contributed by atoms with E-state index in [9.17, 15) is 0 Å². The lowest BCUT2D eigenvalue weighted by atomic mass is 10.5. The molecule has 1 aromatic heterocycles. The summed E-state index contributed by atoms with van der Waals surface area (Å²) in [6.07, 6.45) is 1.72. The van der Waals surface area contributed by atoms with Crippen LogP contribution in [0.15, 0.2) is 24.4 Å². The summed E-state index contributed by atoms with van der Waals surface area (Å²) >= 11 is 0. The van der Waals surface area contributed by atoms with Gasteiger partial charge in [0.25, 0.3) is 0 Å². The minimum atomic E-state index is 0.789. The maximum atomic E-state index is 4.00. The van der Waals surface area contributed by atoms with Crippen molar-refractivity contribution in [1.82, 2.24) is 10.3 Å². The van der Waals surface area contributed by atoms with Gasteiger partial charge in [-0.2, -0.15) is 0 Å². The molecule has 1 heterocycles. The number of hydrogen-bond donors (Lipinski definition) is 2. The molecule has 3 nitrogen and oxygen atoms in total. The Bertz CT molecular complexity index is 173. The monoisotopic (exact) mass is 135 g/mol. The van der Waals surface area contributed by atoms with Crippen molar-refractivity contribution in [2.24, 2.45) is 0 Å². The maximum absolute atomic E-state index is 4.00. The lowest BCUT2D eigenvalue weighted by Crippen LogP contribution is -2.09. The number of nitrogens with zero attached hydrogens (tertiary/aromatic N) is 1. The Morgan fingerprint density at radius 3 is 3.00 bits per heavy atom. The molecule has 0 aliphatic rings. The highest BCUT2D eigenvalue weighted by Gasteiger charge is 1.86. The Kier molecular flexibility index (Phi) is 2.70. The molecule has 0 aliphatic heterocycles. The largest absolute Gasteiger partial charge is 0.346 e. The Hall–Kier alpha value is -1.09. The van der Waals surface area contributed by atoms with Crippen LogP contribution in [0.4, 0.5) is 5.82 Å². The summed E-state index contributed by atoms with van der Waals surface area (Å²) in [5.74, 6) is 0.789. The number of nitrogens with one attached hydrogen (secondary N) is 2. The van der Waals surface area contributed by atoms with Crippen LogP contribution in [0.1, 0.15) is 0 Å². The predicted molar refractivity (Wildman–Crippen MR) is 40.2 cm³/mol. The van der Waals surface area contributed by atoms with Crippen molar-refractivity contribution in [1.29, 1.82) is 0 Å². The van der Waals surface area contributed by atoms with Crippen LogP contribution in [0.5, 0.6) is 0 Å². The normalized spacial score (nSPS) is 9.30. The van der Waals surface area contributed by atoms with Gasteiger partial charge in [0.15, 0.2) is 6.67 Å². The summed E-state index contributed by atoms with van der Waals surface area (Å²) < 4.78 is 0. The fraction of sp³-hybridized carbons (Fsp3) is 0.143. The molecule has 2 N–H and O–H groups in total. The van der Waals surface area contributed by atoms with Gasteiger partial charge in [0, 0.05) is 6.20 Å². The Morgan fingerprint density at radius 1 is 1.50 bits per heavy atom. The number of anilines is 1. The van der Waals surface area contributed by atoms with E-state index in [1.54, 1.807) is 13.2 Å². The molecule has 10 heavy (non-hydrogen) atoms. The molecule has 0 saturated heterocycles. The minimum Gasteiger partial charge on any atom is -0.346 e. The van der Waals surface area contributed by atoms with E-state index < -0.39 is 0 Å². The molecule has 0 bridgehead atoms. The zero-order valence-electron chi connectivity index (χ0n) is 5.76. The van der Waals surface area contributed by atoms with Crippen LogP contribution in [-0.4, -0.2) is 12.0 Å². The van der Waals surface area contributed by atoms with E-state index in [-0.39, 0.29) is 0 Å². The van der Waals surface area contributed by atoms with Gasteiger partial charge in [-0.1, -0.05) is 6.07 Å². The first-order valence-electron chi connectivity index (χ1n) is 3.02. The smallest absolute Gasteiger partial charge is 0.172 e.